The summed E-state index contributed by atoms with van der Waals surface area (Å²) in [5.74, 6) is 0.607. The zero-order chi connectivity index (χ0) is 16.2. The molecule has 1 amide bonds. The maximum Gasteiger partial charge on any atom is 0.271 e. The van der Waals surface area contributed by atoms with Gasteiger partial charge in [0.2, 0.25) is 0 Å². The number of hydrogen-bond acceptors (Lipinski definition) is 6. The Hall–Kier alpha value is -2.25. The van der Waals surface area contributed by atoms with Crippen LogP contribution in [0.2, 0.25) is 0 Å². The Labute approximate surface area is 142 Å². The van der Waals surface area contributed by atoms with Gasteiger partial charge in [-0.2, -0.15) is 0 Å². The van der Waals surface area contributed by atoms with Gasteiger partial charge in [-0.15, -0.1) is 22.7 Å². The van der Waals surface area contributed by atoms with E-state index in [1.54, 1.807) is 12.5 Å². The van der Waals surface area contributed by atoms with Gasteiger partial charge in [-0.3, -0.25) is 4.79 Å². The summed E-state index contributed by atoms with van der Waals surface area (Å²) >= 11 is 2.98. The lowest BCUT2D eigenvalue weighted by molar-refractivity contribution is 0.0946. The molecule has 2 aromatic heterocycles. The highest BCUT2D eigenvalue weighted by atomic mass is 32.1. The van der Waals surface area contributed by atoms with E-state index < -0.39 is 0 Å². The van der Waals surface area contributed by atoms with E-state index in [4.69, 9.17) is 4.74 Å². The predicted octanol–water partition coefficient (Wildman–Crippen LogP) is 3.51. The van der Waals surface area contributed by atoms with Gasteiger partial charge in [-0.1, -0.05) is 0 Å². The van der Waals surface area contributed by atoms with Crippen LogP contribution in [0.4, 0.5) is 0 Å². The molecule has 2 heterocycles. The van der Waals surface area contributed by atoms with E-state index in [1.165, 1.54) is 22.7 Å². The molecule has 0 aliphatic carbocycles. The SMILES string of the molecule is COc1ccc(-c2nc(C(=O)NCc3nc(C)cs3)cs2)cc1. The Morgan fingerprint density at radius 1 is 1.17 bits per heavy atom. The van der Waals surface area contributed by atoms with Crippen LogP contribution in [0.3, 0.4) is 0 Å². The van der Waals surface area contributed by atoms with Crippen molar-refractivity contribution >= 4 is 28.6 Å². The van der Waals surface area contributed by atoms with Gasteiger partial charge < -0.3 is 10.1 Å². The minimum Gasteiger partial charge on any atom is -0.497 e. The van der Waals surface area contributed by atoms with Gasteiger partial charge >= 0.3 is 0 Å². The number of aromatic nitrogens is 2. The predicted molar refractivity (Wildman–Crippen MR) is 92.1 cm³/mol. The summed E-state index contributed by atoms with van der Waals surface area (Å²) in [7, 11) is 1.63. The molecule has 0 spiro atoms. The van der Waals surface area contributed by atoms with Crippen molar-refractivity contribution in [3.8, 4) is 16.3 Å². The van der Waals surface area contributed by atoms with Crippen molar-refractivity contribution in [2.45, 2.75) is 13.5 Å². The largest absolute Gasteiger partial charge is 0.497 e. The fourth-order valence-electron chi connectivity index (χ4n) is 1.97. The molecule has 3 rings (SSSR count). The van der Waals surface area contributed by atoms with E-state index in [0.717, 1.165) is 27.0 Å². The van der Waals surface area contributed by atoms with Crippen LogP contribution >= 0.6 is 22.7 Å². The van der Waals surface area contributed by atoms with Crippen molar-refractivity contribution in [2.75, 3.05) is 7.11 Å². The number of aryl methyl sites for hydroxylation is 1. The van der Waals surface area contributed by atoms with Gasteiger partial charge in [-0.25, -0.2) is 9.97 Å². The van der Waals surface area contributed by atoms with E-state index in [-0.39, 0.29) is 5.91 Å². The van der Waals surface area contributed by atoms with Crippen molar-refractivity contribution in [1.82, 2.24) is 15.3 Å². The summed E-state index contributed by atoms with van der Waals surface area (Å²) in [4.78, 5) is 20.9. The molecule has 0 radical (unpaired) electrons. The van der Waals surface area contributed by atoms with Crippen LogP contribution in [-0.4, -0.2) is 23.0 Å². The average Bonchev–Trinajstić information content (AvgIpc) is 3.22. The van der Waals surface area contributed by atoms with E-state index in [9.17, 15) is 4.79 Å². The Morgan fingerprint density at radius 3 is 2.61 bits per heavy atom. The molecule has 0 saturated carbocycles. The van der Waals surface area contributed by atoms with Crippen LogP contribution in [-0.2, 0) is 6.54 Å². The molecule has 1 aromatic carbocycles. The summed E-state index contributed by atoms with van der Waals surface area (Å²) in [6.45, 7) is 2.36. The van der Waals surface area contributed by atoms with Crippen LogP contribution in [0.25, 0.3) is 10.6 Å². The van der Waals surface area contributed by atoms with Gasteiger partial charge in [0.1, 0.15) is 21.5 Å². The highest BCUT2D eigenvalue weighted by Gasteiger charge is 2.12. The highest BCUT2D eigenvalue weighted by molar-refractivity contribution is 7.13. The zero-order valence-electron chi connectivity index (χ0n) is 12.7. The van der Waals surface area contributed by atoms with Gasteiger partial charge in [0.05, 0.1) is 13.7 Å². The van der Waals surface area contributed by atoms with E-state index in [0.29, 0.717) is 12.2 Å². The molecule has 1 N–H and O–H groups in total. The van der Waals surface area contributed by atoms with Gasteiger partial charge in [-0.05, 0) is 31.2 Å². The maximum absolute atomic E-state index is 12.2. The Balaban J connectivity index is 1.66. The molecule has 0 aliphatic rings. The fourth-order valence-corrected chi connectivity index (χ4v) is 3.49. The lowest BCUT2D eigenvalue weighted by Crippen LogP contribution is -2.23. The molecule has 0 aliphatic heterocycles. The summed E-state index contributed by atoms with van der Waals surface area (Å²) in [6.07, 6.45) is 0. The Bertz CT molecular complexity index is 809. The first-order valence-corrected chi connectivity index (χ1v) is 8.71. The summed E-state index contributed by atoms with van der Waals surface area (Å²) in [5.41, 5.74) is 2.36. The molecule has 5 nitrogen and oxygen atoms in total. The molecule has 0 unspecified atom stereocenters. The van der Waals surface area contributed by atoms with Gasteiger partial charge in [0.25, 0.3) is 5.91 Å². The molecule has 7 heteroatoms. The first kappa shape index (κ1) is 15.6. The number of rotatable bonds is 5. The quantitative estimate of drug-likeness (QED) is 0.768. The van der Waals surface area contributed by atoms with Crippen LogP contribution in [0.15, 0.2) is 35.0 Å². The molecule has 0 atom stereocenters. The topological polar surface area (TPSA) is 64.1 Å². The Kier molecular flexibility index (Phi) is 4.68. The zero-order valence-corrected chi connectivity index (χ0v) is 14.3. The third-order valence-electron chi connectivity index (χ3n) is 3.14. The van der Waals surface area contributed by atoms with Gasteiger partial charge in [0.15, 0.2) is 0 Å². The second-order valence-corrected chi connectivity index (χ2v) is 6.63. The van der Waals surface area contributed by atoms with Crippen molar-refractivity contribution in [3.05, 3.63) is 51.4 Å². The number of hydrogen-bond donors (Lipinski definition) is 1. The second kappa shape index (κ2) is 6.89. The Morgan fingerprint density at radius 2 is 1.96 bits per heavy atom. The van der Waals surface area contributed by atoms with Crippen molar-refractivity contribution in [1.29, 1.82) is 0 Å². The number of nitrogens with zero attached hydrogens (tertiary/aromatic N) is 2. The number of thiazole rings is 2. The molecule has 3 aromatic rings. The van der Waals surface area contributed by atoms with Crippen LogP contribution < -0.4 is 10.1 Å². The first-order chi connectivity index (χ1) is 11.2. The summed E-state index contributed by atoms with van der Waals surface area (Å²) in [5, 5.41) is 8.27. The van der Waals surface area contributed by atoms with Crippen LogP contribution in [0.5, 0.6) is 5.75 Å². The fraction of sp³-hybridized carbons (Fsp3) is 0.188. The number of ether oxygens (including phenoxy) is 1. The standard InChI is InChI=1S/C16H15N3O2S2/c1-10-8-22-14(18-10)7-17-15(20)13-9-23-16(19-13)11-3-5-12(21-2)6-4-11/h3-6,8-9H,7H2,1-2H3,(H,17,20). The normalized spacial score (nSPS) is 10.5. The molecule has 0 bridgehead atoms. The van der Waals surface area contributed by atoms with Gasteiger partial charge in [0, 0.05) is 22.0 Å². The third-order valence-corrected chi connectivity index (χ3v) is 5.00. The molecular weight excluding hydrogens is 330 g/mol. The molecule has 0 saturated heterocycles. The first-order valence-electron chi connectivity index (χ1n) is 6.95. The monoisotopic (exact) mass is 345 g/mol. The maximum atomic E-state index is 12.2. The second-order valence-electron chi connectivity index (χ2n) is 4.83. The number of amides is 1. The van der Waals surface area contributed by atoms with E-state index in [2.05, 4.69) is 15.3 Å². The lowest BCUT2D eigenvalue weighted by Gasteiger charge is -2.01. The summed E-state index contributed by atoms with van der Waals surface area (Å²) < 4.78 is 5.14. The van der Waals surface area contributed by atoms with Crippen molar-refractivity contribution in [3.63, 3.8) is 0 Å². The van der Waals surface area contributed by atoms with Crippen molar-refractivity contribution < 1.29 is 9.53 Å². The molecular formula is C16H15N3O2S2. The van der Waals surface area contributed by atoms with E-state index >= 15 is 0 Å². The molecule has 23 heavy (non-hydrogen) atoms. The number of benzene rings is 1. The minimum atomic E-state index is -0.186. The number of carbonyl (C=O) groups is 1. The average molecular weight is 345 g/mol. The molecule has 0 fully saturated rings. The molecule has 118 valence electrons. The van der Waals surface area contributed by atoms with Crippen LogP contribution in [0.1, 0.15) is 21.2 Å². The van der Waals surface area contributed by atoms with E-state index in [1.807, 2.05) is 36.6 Å². The highest BCUT2D eigenvalue weighted by Crippen LogP contribution is 2.25. The smallest absolute Gasteiger partial charge is 0.271 e. The number of nitrogens with one attached hydrogen (secondary N) is 1. The van der Waals surface area contributed by atoms with Crippen molar-refractivity contribution in [2.24, 2.45) is 0 Å². The van der Waals surface area contributed by atoms with Crippen LogP contribution in [0, 0.1) is 6.92 Å². The third kappa shape index (κ3) is 3.75. The minimum absolute atomic E-state index is 0.186. The lowest BCUT2D eigenvalue weighted by atomic mass is 10.2. The summed E-state index contributed by atoms with van der Waals surface area (Å²) in [6, 6.07) is 7.61. The number of methoxy groups -OCH3 is 1. The number of carbonyl (C=O) groups excluding carboxylic acids is 1.